The first-order chi connectivity index (χ1) is 10.6. The molecule has 0 unspecified atom stereocenters. The molecule has 5 heteroatoms. The summed E-state index contributed by atoms with van der Waals surface area (Å²) in [6, 6.07) is 12.7. The van der Waals surface area contributed by atoms with Crippen LogP contribution in [0.15, 0.2) is 42.5 Å². The smallest absolute Gasteiger partial charge is 0.335 e. The first-order valence-electron chi connectivity index (χ1n) is 7.05. The molecule has 0 spiro atoms. The molecule has 2 rings (SSSR count). The summed E-state index contributed by atoms with van der Waals surface area (Å²) in [4.78, 5) is 10.8. The lowest BCUT2D eigenvalue weighted by atomic mass is 10.1. The van der Waals surface area contributed by atoms with Crippen molar-refractivity contribution >= 4 is 11.7 Å². The Kier molecular flexibility index (Phi) is 5.38. The molecule has 0 aliphatic rings. The molecule has 0 radical (unpaired) electrons. The summed E-state index contributed by atoms with van der Waals surface area (Å²) in [5.74, 6) is -0.216. The van der Waals surface area contributed by atoms with Crippen molar-refractivity contribution in [1.29, 1.82) is 0 Å². The molecule has 0 bridgehead atoms. The summed E-state index contributed by atoms with van der Waals surface area (Å²) < 4.78 is 5.13. The number of hydrogen-bond acceptors (Lipinski definition) is 4. The van der Waals surface area contributed by atoms with Gasteiger partial charge in [-0.25, -0.2) is 4.79 Å². The van der Waals surface area contributed by atoms with Crippen molar-refractivity contribution in [2.24, 2.45) is 0 Å². The van der Waals surface area contributed by atoms with Crippen molar-refractivity contribution in [3.05, 3.63) is 59.2 Å². The highest BCUT2D eigenvalue weighted by Crippen LogP contribution is 2.21. The van der Waals surface area contributed by atoms with Gasteiger partial charge in [0, 0.05) is 6.54 Å². The number of hydrogen-bond donors (Lipinski definition) is 3. The lowest BCUT2D eigenvalue weighted by Crippen LogP contribution is -2.16. The van der Waals surface area contributed by atoms with Crippen LogP contribution in [-0.2, 0) is 13.0 Å². The van der Waals surface area contributed by atoms with E-state index in [0.29, 0.717) is 23.5 Å². The van der Waals surface area contributed by atoms with Crippen molar-refractivity contribution in [3.63, 3.8) is 0 Å². The van der Waals surface area contributed by atoms with Crippen LogP contribution in [0.25, 0.3) is 0 Å². The largest absolute Gasteiger partial charge is 0.495 e. The van der Waals surface area contributed by atoms with Gasteiger partial charge in [0.1, 0.15) is 5.75 Å². The number of carboxylic acid groups (broad SMARTS) is 1. The minimum absolute atomic E-state index is 0.303. The van der Waals surface area contributed by atoms with Gasteiger partial charge in [0.2, 0.25) is 0 Å². The van der Waals surface area contributed by atoms with Gasteiger partial charge in [-0.2, -0.15) is 0 Å². The van der Waals surface area contributed by atoms with Gasteiger partial charge >= 0.3 is 5.97 Å². The average Bonchev–Trinajstić information content (AvgIpc) is 2.52. The Hall–Kier alpha value is -2.53. The van der Waals surface area contributed by atoms with Crippen LogP contribution >= 0.6 is 0 Å². The summed E-state index contributed by atoms with van der Waals surface area (Å²) in [6.45, 7) is 1.51. The summed E-state index contributed by atoms with van der Waals surface area (Å²) in [5, 5.41) is 12.2. The van der Waals surface area contributed by atoms with Crippen molar-refractivity contribution in [1.82, 2.24) is 5.32 Å². The summed E-state index contributed by atoms with van der Waals surface area (Å²) in [5.41, 5.74) is 9.02. The molecule has 0 amide bonds. The van der Waals surface area contributed by atoms with Gasteiger partial charge in [0.15, 0.2) is 0 Å². The summed E-state index contributed by atoms with van der Waals surface area (Å²) in [6.07, 6.45) is 0.863. The predicted octanol–water partition coefficient (Wildman–Crippen LogP) is 2.31. The normalized spacial score (nSPS) is 10.4. The number of methoxy groups -OCH3 is 1. The Morgan fingerprint density at radius 2 is 1.86 bits per heavy atom. The highest BCUT2D eigenvalue weighted by atomic mass is 16.5. The third kappa shape index (κ3) is 4.23. The topological polar surface area (TPSA) is 84.6 Å². The van der Waals surface area contributed by atoms with Crippen molar-refractivity contribution in [3.8, 4) is 5.75 Å². The van der Waals surface area contributed by atoms with E-state index in [0.717, 1.165) is 24.1 Å². The molecule has 2 aromatic carbocycles. The van der Waals surface area contributed by atoms with Gasteiger partial charge in [-0.15, -0.1) is 0 Å². The second-order valence-electron chi connectivity index (χ2n) is 5.01. The Bertz CT molecular complexity index is 639. The zero-order valence-corrected chi connectivity index (χ0v) is 12.5. The van der Waals surface area contributed by atoms with Gasteiger partial charge in [0.05, 0.1) is 18.4 Å². The molecule has 2 aromatic rings. The van der Waals surface area contributed by atoms with Gasteiger partial charge in [-0.1, -0.05) is 18.2 Å². The molecule has 5 nitrogen and oxygen atoms in total. The molecule has 116 valence electrons. The molecule has 0 aromatic heterocycles. The minimum Gasteiger partial charge on any atom is -0.495 e. The molecular weight excluding hydrogens is 280 g/mol. The minimum atomic E-state index is -0.906. The van der Waals surface area contributed by atoms with E-state index in [1.165, 1.54) is 0 Å². The maximum atomic E-state index is 10.8. The van der Waals surface area contributed by atoms with Crippen LogP contribution in [0.3, 0.4) is 0 Å². The van der Waals surface area contributed by atoms with Crippen LogP contribution in [0.1, 0.15) is 21.5 Å². The number of rotatable bonds is 7. The highest BCUT2D eigenvalue weighted by Gasteiger charge is 2.02. The Labute approximate surface area is 129 Å². The number of carboxylic acids is 1. The lowest BCUT2D eigenvalue weighted by Gasteiger charge is -2.08. The standard InChI is InChI=1S/C17H20N2O3/c1-22-16-7-4-12(10-15(16)18)8-9-19-11-13-2-5-14(6-3-13)17(20)21/h2-7,10,19H,8-9,11,18H2,1H3,(H,20,21). The third-order valence-electron chi connectivity index (χ3n) is 3.41. The Balaban J connectivity index is 1.79. The zero-order valence-electron chi connectivity index (χ0n) is 12.5. The number of benzene rings is 2. The van der Waals surface area contributed by atoms with E-state index < -0.39 is 5.97 Å². The summed E-state index contributed by atoms with van der Waals surface area (Å²) >= 11 is 0. The molecule has 0 aliphatic carbocycles. The average molecular weight is 300 g/mol. The van der Waals surface area contributed by atoms with Gasteiger partial charge in [-0.3, -0.25) is 0 Å². The van der Waals surface area contributed by atoms with Crippen molar-refractivity contribution in [2.75, 3.05) is 19.4 Å². The maximum absolute atomic E-state index is 10.8. The predicted molar refractivity (Wildman–Crippen MR) is 86.2 cm³/mol. The lowest BCUT2D eigenvalue weighted by molar-refractivity contribution is 0.0697. The van der Waals surface area contributed by atoms with Crippen LogP contribution in [-0.4, -0.2) is 24.7 Å². The number of nitrogens with one attached hydrogen (secondary N) is 1. The number of aromatic carboxylic acids is 1. The van der Waals surface area contributed by atoms with E-state index in [-0.39, 0.29) is 0 Å². The first-order valence-corrected chi connectivity index (χ1v) is 7.05. The fraction of sp³-hybridized carbons (Fsp3) is 0.235. The summed E-state index contributed by atoms with van der Waals surface area (Å²) in [7, 11) is 1.60. The van der Waals surface area contributed by atoms with Crippen LogP contribution in [0.4, 0.5) is 5.69 Å². The Morgan fingerprint density at radius 1 is 1.18 bits per heavy atom. The quantitative estimate of drug-likeness (QED) is 0.540. The van der Waals surface area contributed by atoms with Gasteiger partial charge in [-0.05, 0) is 48.4 Å². The monoisotopic (exact) mass is 300 g/mol. The third-order valence-corrected chi connectivity index (χ3v) is 3.41. The molecule has 0 atom stereocenters. The molecule has 22 heavy (non-hydrogen) atoms. The molecular formula is C17H20N2O3. The molecule has 0 heterocycles. The SMILES string of the molecule is COc1ccc(CCNCc2ccc(C(=O)O)cc2)cc1N. The van der Waals surface area contributed by atoms with E-state index in [1.54, 1.807) is 19.2 Å². The molecule has 0 saturated heterocycles. The molecule has 0 saturated carbocycles. The molecule has 0 fully saturated rings. The Morgan fingerprint density at radius 3 is 2.45 bits per heavy atom. The number of carbonyl (C=O) groups is 1. The van der Waals surface area contributed by atoms with Crippen LogP contribution < -0.4 is 15.8 Å². The number of anilines is 1. The van der Waals surface area contributed by atoms with Crippen LogP contribution in [0.2, 0.25) is 0 Å². The number of ether oxygens (including phenoxy) is 1. The van der Waals surface area contributed by atoms with Gasteiger partial charge in [0.25, 0.3) is 0 Å². The number of nitrogen functional groups attached to an aromatic ring is 1. The number of nitrogens with two attached hydrogens (primary N) is 1. The van der Waals surface area contributed by atoms with E-state index in [9.17, 15) is 4.79 Å². The van der Waals surface area contributed by atoms with Crippen molar-refractivity contribution in [2.45, 2.75) is 13.0 Å². The fourth-order valence-corrected chi connectivity index (χ4v) is 2.17. The van der Waals surface area contributed by atoms with E-state index >= 15 is 0 Å². The molecule has 0 aliphatic heterocycles. The maximum Gasteiger partial charge on any atom is 0.335 e. The van der Waals surface area contributed by atoms with Crippen LogP contribution in [0.5, 0.6) is 5.75 Å². The van der Waals surface area contributed by atoms with Crippen LogP contribution in [0, 0.1) is 0 Å². The zero-order chi connectivity index (χ0) is 15.9. The van der Waals surface area contributed by atoms with E-state index in [1.807, 2.05) is 30.3 Å². The highest BCUT2D eigenvalue weighted by molar-refractivity contribution is 5.87. The van der Waals surface area contributed by atoms with E-state index in [2.05, 4.69) is 5.32 Å². The fourth-order valence-electron chi connectivity index (χ4n) is 2.17. The van der Waals surface area contributed by atoms with Crippen molar-refractivity contribution < 1.29 is 14.6 Å². The van der Waals surface area contributed by atoms with Gasteiger partial charge < -0.3 is 20.9 Å². The second kappa shape index (κ2) is 7.47. The molecule has 4 N–H and O–H groups in total. The second-order valence-corrected chi connectivity index (χ2v) is 5.01. The van der Waals surface area contributed by atoms with E-state index in [4.69, 9.17) is 15.6 Å². The first kappa shape index (κ1) is 15.9.